The number of anilines is 1. The van der Waals surface area contributed by atoms with Crippen LogP contribution in [0.3, 0.4) is 0 Å². The Kier molecular flexibility index (Phi) is 7.39. The van der Waals surface area contributed by atoms with Gasteiger partial charge in [-0.05, 0) is 23.8 Å². The van der Waals surface area contributed by atoms with Gasteiger partial charge in [0.2, 0.25) is 0 Å². The summed E-state index contributed by atoms with van der Waals surface area (Å²) in [6.45, 7) is 0.485. The molecular formula is C20H20N2O4S2. The molecule has 0 saturated heterocycles. The first-order valence-corrected chi connectivity index (χ1v) is 10.6. The van der Waals surface area contributed by atoms with Crippen LogP contribution in [-0.4, -0.2) is 42.3 Å². The average molecular weight is 417 g/mol. The van der Waals surface area contributed by atoms with E-state index in [-0.39, 0.29) is 6.61 Å². The number of aliphatic imine (C=N–C) groups is 1. The summed E-state index contributed by atoms with van der Waals surface area (Å²) >= 11 is 3.34. The largest absolute Gasteiger partial charge is 0.497 e. The third-order valence-electron chi connectivity index (χ3n) is 3.83. The lowest BCUT2D eigenvalue weighted by molar-refractivity contribution is -0.119. The molecule has 1 aliphatic rings. The van der Waals surface area contributed by atoms with E-state index in [4.69, 9.17) is 9.47 Å². The van der Waals surface area contributed by atoms with Crippen molar-refractivity contribution >= 4 is 45.5 Å². The number of ether oxygens (including phenoxy) is 2. The highest BCUT2D eigenvalue weighted by Gasteiger charge is 2.16. The fraction of sp³-hybridized carbons (Fsp3) is 0.250. The fourth-order valence-electron chi connectivity index (χ4n) is 2.49. The van der Waals surface area contributed by atoms with Crippen LogP contribution in [0.25, 0.3) is 0 Å². The van der Waals surface area contributed by atoms with Gasteiger partial charge in [-0.2, -0.15) is 0 Å². The number of hydrogen-bond donors (Lipinski definition) is 1. The van der Waals surface area contributed by atoms with Crippen LogP contribution in [0.4, 0.5) is 5.69 Å². The predicted octanol–water partition coefficient (Wildman–Crippen LogP) is 3.83. The highest BCUT2D eigenvalue weighted by molar-refractivity contribution is 8.38. The molecule has 1 aliphatic heterocycles. The van der Waals surface area contributed by atoms with Gasteiger partial charge in [-0.1, -0.05) is 47.8 Å². The van der Waals surface area contributed by atoms with Gasteiger partial charge in [-0.25, -0.2) is 4.79 Å². The lowest BCUT2D eigenvalue weighted by Gasteiger charge is -2.10. The van der Waals surface area contributed by atoms with E-state index in [1.54, 1.807) is 67.0 Å². The second-order valence-corrected chi connectivity index (χ2v) is 8.10. The van der Waals surface area contributed by atoms with Crippen LogP contribution >= 0.6 is 23.5 Å². The average Bonchev–Trinajstić information content (AvgIpc) is 3.24. The van der Waals surface area contributed by atoms with Crippen LogP contribution in [0, 0.1) is 0 Å². The Hall–Kier alpha value is -2.45. The maximum absolute atomic E-state index is 12.5. The van der Waals surface area contributed by atoms with E-state index < -0.39 is 11.9 Å². The molecule has 8 heteroatoms. The summed E-state index contributed by atoms with van der Waals surface area (Å²) in [7, 11) is 1.55. The lowest BCUT2D eigenvalue weighted by Crippen LogP contribution is -2.21. The molecule has 3 rings (SSSR count). The molecule has 0 unspecified atom stereocenters. The number of carbonyl (C=O) groups is 2. The molecule has 2 aromatic rings. The molecule has 0 aliphatic carbocycles. The molecule has 6 nitrogen and oxygen atoms in total. The number of methoxy groups -OCH3 is 1. The molecule has 0 aromatic heterocycles. The summed E-state index contributed by atoms with van der Waals surface area (Å²) in [4.78, 5) is 28.9. The summed E-state index contributed by atoms with van der Waals surface area (Å²) < 4.78 is 11.4. The second-order valence-electron chi connectivity index (χ2n) is 5.80. The SMILES string of the molecule is COc1cccc(NC(=O)COC(=O)c2ccccc2CSC2=NCCS2)c1. The van der Waals surface area contributed by atoms with E-state index in [1.807, 2.05) is 12.1 Å². The van der Waals surface area contributed by atoms with Crippen molar-refractivity contribution in [1.29, 1.82) is 0 Å². The monoisotopic (exact) mass is 416 g/mol. The van der Waals surface area contributed by atoms with Crippen molar-refractivity contribution in [2.75, 3.05) is 31.3 Å². The van der Waals surface area contributed by atoms with Crippen molar-refractivity contribution in [1.82, 2.24) is 0 Å². The molecule has 0 spiro atoms. The number of benzene rings is 2. The zero-order chi connectivity index (χ0) is 19.8. The maximum atomic E-state index is 12.5. The van der Waals surface area contributed by atoms with Crippen LogP contribution in [0.1, 0.15) is 15.9 Å². The topological polar surface area (TPSA) is 77.0 Å². The molecule has 2 aromatic carbocycles. The number of esters is 1. The third kappa shape index (κ3) is 5.77. The van der Waals surface area contributed by atoms with Crippen molar-refractivity contribution in [3.05, 3.63) is 59.7 Å². The number of carbonyl (C=O) groups excluding carboxylic acids is 2. The number of thioether (sulfide) groups is 2. The molecule has 0 fully saturated rings. The molecule has 28 heavy (non-hydrogen) atoms. The number of amides is 1. The van der Waals surface area contributed by atoms with E-state index in [0.717, 1.165) is 22.2 Å². The lowest BCUT2D eigenvalue weighted by atomic mass is 10.1. The van der Waals surface area contributed by atoms with E-state index >= 15 is 0 Å². The first-order chi connectivity index (χ1) is 13.7. The number of hydrogen-bond acceptors (Lipinski definition) is 7. The van der Waals surface area contributed by atoms with Crippen molar-refractivity contribution < 1.29 is 19.1 Å². The highest BCUT2D eigenvalue weighted by atomic mass is 32.2. The van der Waals surface area contributed by atoms with E-state index in [2.05, 4.69) is 10.3 Å². The molecule has 0 radical (unpaired) electrons. The Morgan fingerprint density at radius 2 is 2.07 bits per heavy atom. The summed E-state index contributed by atoms with van der Waals surface area (Å²) in [5.74, 6) is 1.34. The number of nitrogens with zero attached hydrogens (tertiary/aromatic N) is 1. The summed E-state index contributed by atoms with van der Waals surface area (Å²) in [6, 6.07) is 14.2. The van der Waals surface area contributed by atoms with Crippen molar-refractivity contribution in [2.45, 2.75) is 5.75 Å². The molecule has 1 heterocycles. The van der Waals surface area contributed by atoms with Crippen LogP contribution in [0.2, 0.25) is 0 Å². The number of nitrogens with one attached hydrogen (secondary N) is 1. The van der Waals surface area contributed by atoms with Gasteiger partial charge in [0.05, 0.1) is 19.2 Å². The third-order valence-corrected chi connectivity index (χ3v) is 6.14. The summed E-state index contributed by atoms with van der Waals surface area (Å²) in [5.41, 5.74) is 1.90. The zero-order valence-electron chi connectivity index (χ0n) is 15.3. The molecule has 0 atom stereocenters. The molecule has 146 valence electrons. The van der Waals surface area contributed by atoms with Crippen LogP contribution in [-0.2, 0) is 15.3 Å². The predicted molar refractivity (Wildman–Crippen MR) is 114 cm³/mol. The van der Waals surface area contributed by atoms with Crippen molar-refractivity contribution in [3.8, 4) is 5.75 Å². The van der Waals surface area contributed by atoms with E-state index in [9.17, 15) is 9.59 Å². The van der Waals surface area contributed by atoms with Crippen molar-refractivity contribution in [3.63, 3.8) is 0 Å². The molecule has 0 saturated carbocycles. The minimum absolute atomic E-state index is 0.361. The summed E-state index contributed by atoms with van der Waals surface area (Å²) in [6.07, 6.45) is 0. The van der Waals surface area contributed by atoms with Gasteiger partial charge in [0.15, 0.2) is 6.61 Å². The Bertz CT molecular complexity index is 886. The normalized spacial score (nSPS) is 13.0. The Morgan fingerprint density at radius 3 is 2.86 bits per heavy atom. The van der Waals surface area contributed by atoms with Gasteiger partial charge in [0.25, 0.3) is 5.91 Å². The zero-order valence-corrected chi connectivity index (χ0v) is 17.0. The molecule has 1 N–H and O–H groups in total. The smallest absolute Gasteiger partial charge is 0.338 e. The fourth-order valence-corrected chi connectivity index (χ4v) is 4.51. The molecular weight excluding hydrogens is 396 g/mol. The van der Waals surface area contributed by atoms with Crippen molar-refractivity contribution in [2.24, 2.45) is 4.99 Å². The minimum atomic E-state index is -0.516. The minimum Gasteiger partial charge on any atom is -0.497 e. The Morgan fingerprint density at radius 1 is 1.21 bits per heavy atom. The van der Waals surface area contributed by atoms with Crippen LogP contribution < -0.4 is 10.1 Å². The van der Waals surface area contributed by atoms with E-state index in [0.29, 0.717) is 22.8 Å². The standard InChI is InChI=1S/C20H20N2O4S2/c1-25-16-7-4-6-15(11-16)22-18(23)12-26-19(24)17-8-3-2-5-14(17)13-28-20-21-9-10-27-20/h2-8,11H,9-10,12-13H2,1H3,(H,22,23). The number of rotatable bonds is 7. The molecule has 0 bridgehead atoms. The Labute approximate surface area is 172 Å². The van der Waals surface area contributed by atoms with Gasteiger partial charge >= 0.3 is 5.97 Å². The maximum Gasteiger partial charge on any atom is 0.338 e. The van der Waals surface area contributed by atoms with Gasteiger partial charge in [-0.3, -0.25) is 9.79 Å². The quantitative estimate of drug-likeness (QED) is 0.692. The van der Waals surface area contributed by atoms with Gasteiger partial charge in [0.1, 0.15) is 10.1 Å². The first kappa shape index (κ1) is 20.3. The van der Waals surface area contributed by atoms with Crippen LogP contribution in [0.15, 0.2) is 53.5 Å². The van der Waals surface area contributed by atoms with Gasteiger partial charge in [0, 0.05) is 23.3 Å². The highest BCUT2D eigenvalue weighted by Crippen LogP contribution is 2.26. The van der Waals surface area contributed by atoms with Gasteiger partial charge < -0.3 is 14.8 Å². The van der Waals surface area contributed by atoms with Gasteiger partial charge in [-0.15, -0.1) is 0 Å². The first-order valence-electron chi connectivity index (χ1n) is 8.64. The Balaban J connectivity index is 1.54. The van der Waals surface area contributed by atoms with E-state index in [1.165, 1.54) is 0 Å². The summed E-state index contributed by atoms with van der Waals surface area (Å²) in [5, 5.41) is 2.68. The molecule has 1 amide bonds. The van der Waals surface area contributed by atoms with Crippen LogP contribution in [0.5, 0.6) is 5.75 Å². The second kappa shape index (κ2) is 10.2.